The van der Waals surface area contributed by atoms with Crippen molar-refractivity contribution < 1.29 is 0 Å². The number of likely N-dealkylation sites (N-methyl/N-ethyl adjacent to an activating group) is 1. The fourth-order valence-electron chi connectivity index (χ4n) is 4.14. The first-order chi connectivity index (χ1) is 12.8. The zero-order valence-corrected chi connectivity index (χ0v) is 17.5. The summed E-state index contributed by atoms with van der Waals surface area (Å²) in [6.07, 6.45) is 6.99. The van der Waals surface area contributed by atoms with Gasteiger partial charge in [0.2, 0.25) is 0 Å². The summed E-state index contributed by atoms with van der Waals surface area (Å²) >= 11 is 0. The van der Waals surface area contributed by atoms with E-state index in [9.17, 15) is 0 Å². The molecule has 0 heterocycles. The number of hydrogen-bond donors (Lipinski definition) is 1. The highest BCUT2D eigenvalue weighted by Crippen LogP contribution is 2.34. The maximum atomic E-state index is 3.78. The van der Waals surface area contributed by atoms with Gasteiger partial charge in [-0.05, 0) is 69.6 Å². The molecule has 0 spiro atoms. The minimum atomic E-state index is 0.251. The lowest BCUT2D eigenvalue weighted by molar-refractivity contribution is 0.449. The third-order valence-corrected chi connectivity index (χ3v) is 5.27. The van der Waals surface area contributed by atoms with E-state index >= 15 is 0 Å². The minimum Gasteiger partial charge on any atom is -0.378 e. The van der Waals surface area contributed by atoms with Gasteiger partial charge in [0.1, 0.15) is 0 Å². The average Bonchev–Trinajstić information content (AvgIpc) is 3.05. The Kier molecular flexibility index (Phi) is 5.86. The zero-order valence-electron chi connectivity index (χ0n) is 17.5. The number of aryl methyl sites for hydroxylation is 3. The van der Waals surface area contributed by atoms with Crippen LogP contribution in [0.1, 0.15) is 46.7 Å². The molecule has 1 aliphatic rings. The topological polar surface area (TPSA) is 15.3 Å². The van der Waals surface area contributed by atoms with Gasteiger partial charge in [-0.15, -0.1) is 0 Å². The van der Waals surface area contributed by atoms with Crippen LogP contribution in [0.15, 0.2) is 60.2 Å². The van der Waals surface area contributed by atoms with Crippen molar-refractivity contribution in [2.45, 2.75) is 39.7 Å². The van der Waals surface area contributed by atoms with Crippen LogP contribution in [0.3, 0.4) is 0 Å². The van der Waals surface area contributed by atoms with Gasteiger partial charge in [-0.1, -0.05) is 60.2 Å². The lowest BCUT2D eigenvalue weighted by atomic mass is 9.91. The second-order valence-corrected chi connectivity index (χ2v) is 8.13. The summed E-state index contributed by atoms with van der Waals surface area (Å²) in [7, 11) is 4.24. The molecule has 2 heteroatoms. The fraction of sp³-hybridized carbons (Fsp3) is 0.360. The van der Waals surface area contributed by atoms with Crippen LogP contribution in [-0.4, -0.2) is 25.5 Å². The number of nitrogens with one attached hydrogen (secondary N) is 1. The Morgan fingerprint density at radius 2 is 1.70 bits per heavy atom. The first kappa shape index (κ1) is 19.4. The maximum Gasteiger partial charge on any atom is 0.0488 e. The minimum absolute atomic E-state index is 0.251. The van der Waals surface area contributed by atoms with Crippen molar-refractivity contribution in [1.82, 2.24) is 4.90 Å². The van der Waals surface area contributed by atoms with Crippen molar-refractivity contribution >= 4 is 5.69 Å². The third kappa shape index (κ3) is 4.51. The van der Waals surface area contributed by atoms with Crippen LogP contribution in [0, 0.1) is 20.8 Å². The summed E-state index contributed by atoms with van der Waals surface area (Å²) in [5, 5.41) is 3.78. The molecule has 2 aromatic rings. The van der Waals surface area contributed by atoms with Gasteiger partial charge in [-0.3, -0.25) is 0 Å². The quantitative estimate of drug-likeness (QED) is 0.687. The second kappa shape index (κ2) is 8.14. The summed E-state index contributed by atoms with van der Waals surface area (Å²) in [5.74, 6) is 0.362. The van der Waals surface area contributed by atoms with Crippen molar-refractivity contribution in [3.8, 4) is 0 Å². The van der Waals surface area contributed by atoms with Crippen molar-refractivity contribution in [1.29, 1.82) is 0 Å². The van der Waals surface area contributed by atoms with Crippen molar-refractivity contribution in [3.63, 3.8) is 0 Å². The lowest BCUT2D eigenvalue weighted by Crippen LogP contribution is -2.14. The predicted octanol–water partition coefficient (Wildman–Crippen LogP) is 5.93. The summed E-state index contributed by atoms with van der Waals surface area (Å²) < 4.78 is 0. The molecular formula is C25H32N2. The largest absolute Gasteiger partial charge is 0.378 e. The third-order valence-electron chi connectivity index (χ3n) is 5.27. The maximum absolute atomic E-state index is 3.78. The number of allylic oxidation sites excluding steroid dienone is 2. The monoisotopic (exact) mass is 360 g/mol. The molecule has 2 atom stereocenters. The summed E-state index contributed by atoms with van der Waals surface area (Å²) in [6.45, 7) is 9.80. The van der Waals surface area contributed by atoms with E-state index in [4.69, 9.17) is 0 Å². The molecule has 142 valence electrons. The number of hydrogen-bond acceptors (Lipinski definition) is 2. The summed E-state index contributed by atoms with van der Waals surface area (Å²) in [5.41, 5.74) is 9.35. The molecule has 0 radical (unpaired) electrons. The highest BCUT2D eigenvalue weighted by Gasteiger charge is 2.19. The molecule has 0 aliphatic heterocycles. The normalized spacial score (nSPS) is 17.3. The lowest BCUT2D eigenvalue weighted by Gasteiger charge is -2.23. The van der Waals surface area contributed by atoms with Gasteiger partial charge in [0.15, 0.2) is 0 Å². The second-order valence-electron chi connectivity index (χ2n) is 8.13. The Bertz CT molecular complexity index is 851. The van der Waals surface area contributed by atoms with Crippen LogP contribution >= 0.6 is 0 Å². The number of anilines is 1. The van der Waals surface area contributed by atoms with Gasteiger partial charge in [0, 0.05) is 24.2 Å². The van der Waals surface area contributed by atoms with Crippen molar-refractivity contribution in [2.24, 2.45) is 0 Å². The van der Waals surface area contributed by atoms with E-state index in [0.29, 0.717) is 5.92 Å². The highest BCUT2D eigenvalue weighted by atomic mass is 15.0. The molecule has 0 fully saturated rings. The van der Waals surface area contributed by atoms with Gasteiger partial charge in [-0.2, -0.15) is 0 Å². The fourth-order valence-corrected chi connectivity index (χ4v) is 4.14. The van der Waals surface area contributed by atoms with Crippen LogP contribution in [0.25, 0.3) is 0 Å². The zero-order chi connectivity index (χ0) is 19.6. The van der Waals surface area contributed by atoms with Gasteiger partial charge >= 0.3 is 0 Å². The first-order valence-electron chi connectivity index (χ1n) is 9.82. The Labute approximate surface area is 164 Å². The molecule has 0 amide bonds. The van der Waals surface area contributed by atoms with E-state index in [-0.39, 0.29) is 6.04 Å². The Morgan fingerprint density at radius 3 is 2.37 bits per heavy atom. The molecule has 0 saturated carbocycles. The Morgan fingerprint density at radius 1 is 1.04 bits per heavy atom. The van der Waals surface area contributed by atoms with E-state index in [1.165, 1.54) is 39.1 Å². The van der Waals surface area contributed by atoms with Crippen LogP contribution in [-0.2, 0) is 0 Å². The number of benzene rings is 2. The predicted molar refractivity (Wildman–Crippen MR) is 118 cm³/mol. The van der Waals surface area contributed by atoms with Crippen molar-refractivity contribution in [2.75, 3.05) is 26.0 Å². The molecule has 1 N–H and O–H groups in total. The van der Waals surface area contributed by atoms with Gasteiger partial charge in [0.25, 0.3) is 0 Å². The van der Waals surface area contributed by atoms with E-state index in [2.05, 4.69) is 107 Å². The van der Waals surface area contributed by atoms with Gasteiger partial charge < -0.3 is 10.2 Å². The van der Waals surface area contributed by atoms with Crippen LogP contribution in [0.2, 0.25) is 0 Å². The van der Waals surface area contributed by atoms with Gasteiger partial charge in [-0.25, -0.2) is 0 Å². The van der Waals surface area contributed by atoms with Crippen LogP contribution < -0.4 is 5.32 Å². The summed E-state index contributed by atoms with van der Waals surface area (Å²) in [4.78, 5) is 2.22. The molecule has 2 unspecified atom stereocenters. The summed E-state index contributed by atoms with van der Waals surface area (Å²) in [6, 6.07) is 13.6. The average molecular weight is 361 g/mol. The SMILES string of the molecule is Cc1cc(C)c(NC(C)c2ccccc2C2C=CC(CN(C)C)=C2)c(C)c1. The molecule has 3 rings (SSSR count). The van der Waals surface area contributed by atoms with Gasteiger partial charge in [0.05, 0.1) is 0 Å². The molecule has 27 heavy (non-hydrogen) atoms. The smallest absolute Gasteiger partial charge is 0.0488 e. The van der Waals surface area contributed by atoms with Crippen molar-refractivity contribution in [3.05, 3.63) is 88.0 Å². The van der Waals surface area contributed by atoms with Crippen LogP contribution in [0.5, 0.6) is 0 Å². The molecule has 0 aromatic heterocycles. The highest BCUT2D eigenvalue weighted by molar-refractivity contribution is 5.60. The number of rotatable bonds is 6. The van der Waals surface area contributed by atoms with Crippen LogP contribution in [0.4, 0.5) is 5.69 Å². The standard InChI is InChI=1S/C25H32N2/c1-17-13-18(2)25(19(3)14-17)26-20(4)23-9-7-8-10-24(23)22-12-11-21(15-22)16-27(5)6/h7-15,20,22,26H,16H2,1-6H3. The molecule has 0 saturated heterocycles. The molecular weight excluding hydrogens is 328 g/mol. The first-order valence-corrected chi connectivity index (χ1v) is 9.82. The Balaban J connectivity index is 1.87. The number of nitrogens with zero attached hydrogens (tertiary/aromatic N) is 1. The molecule has 2 nitrogen and oxygen atoms in total. The van der Waals surface area contributed by atoms with E-state index in [1.54, 1.807) is 0 Å². The molecule has 2 aromatic carbocycles. The van der Waals surface area contributed by atoms with E-state index in [0.717, 1.165) is 6.54 Å². The Hall–Kier alpha value is -2.32. The molecule has 1 aliphatic carbocycles. The van der Waals surface area contributed by atoms with E-state index in [1.807, 2.05) is 0 Å². The molecule has 0 bridgehead atoms. The van der Waals surface area contributed by atoms with E-state index < -0.39 is 0 Å².